The first-order valence-corrected chi connectivity index (χ1v) is 4.97. The molecule has 80 valence electrons. The Labute approximate surface area is 89.5 Å². The van der Waals surface area contributed by atoms with Crippen LogP contribution in [0, 0.1) is 29.0 Å². The predicted molar refractivity (Wildman–Crippen MR) is 57.3 cm³/mol. The van der Waals surface area contributed by atoms with Crippen molar-refractivity contribution in [1.82, 2.24) is 0 Å². The maximum atomic E-state index is 12.7. The fourth-order valence-electron chi connectivity index (χ4n) is 1.54. The highest BCUT2D eigenvalue weighted by Gasteiger charge is 2.22. The van der Waals surface area contributed by atoms with Gasteiger partial charge in [-0.3, -0.25) is 0 Å². The van der Waals surface area contributed by atoms with Gasteiger partial charge in [-0.1, -0.05) is 26.0 Å². The maximum Gasteiger partial charge on any atom is 0.123 e. The van der Waals surface area contributed by atoms with Crippen LogP contribution in [0.5, 0.6) is 0 Å². The van der Waals surface area contributed by atoms with E-state index >= 15 is 0 Å². The van der Waals surface area contributed by atoms with Gasteiger partial charge in [0.2, 0.25) is 0 Å². The number of hydrogen-bond acceptors (Lipinski definition) is 2. The monoisotopic (exact) mass is 206 g/mol. The zero-order valence-corrected chi connectivity index (χ0v) is 8.94. The predicted octanol–water partition coefficient (Wildman–Crippen LogP) is 2.62. The van der Waals surface area contributed by atoms with Gasteiger partial charge in [0.05, 0.1) is 12.0 Å². The Morgan fingerprint density at radius 2 is 1.80 bits per heavy atom. The lowest BCUT2D eigenvalue weighted by Crippen LogP contribution is -2.24. The minimum atomic E-state index is -0.351. The van der Waals surface area contributed by atoms with Gasteiger partial charge in [-0.25, -0.2) is 4.39 Å². The summed E-state index contributed by atoms with van der Waals surface area (Å²) >= 11 is 0. The molecule has 1 rings (SSSR count). The Hall–Kier alpha value is -1.40. The van der Waals surface area contributed by atoms with Crippen molar-refractivity contribution in [3.8, 4) is 6.07 Å². The second-order valence-electron chi connectivity index (χ2n) is 3.98. The molecule has 2 nitrogen and oxygen atoms in total. The van der Waals surface area contributed by atoms with Crippen LogP contribution >= 0.6 is 0 Å². The first-order chi connectivity index (χ1) is 7.06. The number of nitrogens with two attached hydrogens (primary N) is 1. The Bertz CT molecular complexity index is 351. The molecule has 2 atom stereocenters. The maximum absolute atomic E-state index is 12.7. The van der Waals surface area contributed by atoms with Gasteiger partial charge < -0.3 is 5.73 Å². The molecule has 2 N–H and O–H groups in total. The summed E-state index contributed by atoms with van der Waals surface area (Å²) in [5.41, 5.74) is 6.76. The molecule has 0 aliphatic rings. The quantitative estimate of drug-likeness (QED) is 0.826. The van der Waals surface area contributed by atoms with Crippen LogP contribution in [0.2, 0.25) is 0 Å². The summed E-state index contributed by atoms with van der Waals surface area (Å²) in [6, 6.07) is 7.84. The molecular weight excluding hydrogens is 191 g/mol. The number of hydrogen-bond donors (Lipinski definition) is 1. The highest BCUT2D eigenvalue weighted by Crippen LogP contribution is 2.25. The summed E-state index contributed by atoms with van der Waals surface area (Å²) in [6.45, 7) is 3.91. The standard InChI is InChI=1S/C12H15FN2/c1-8(2)11(7-14)12(15)9-3-5-10(13)6-4-9/h3-6,8,11-12H,15H2,1-2H3. The molecule has 1 aromatic carbocycles. The zero-order chi connectivity index (χ0) is 11.4. The molecule has 3 heteroatoms. The fourth-order valence-corrected chi connectivity index (χ4v) is 1.54. The minimum Gasteiger partial charge on any atom is -0.323 e. The highest BCUT2D eigenvalue weighted by molar-refractivity contribution is 5.22. The molecule has 1 aromatic rings. The van der Waals surface area contributed by atoms with Crippen LogP contribution in [0.25, 0.3) is 0 Å². The average Bonchev–Trinajstić information content (AvgIpc) is 2.19. The minimum absolute atomic E-state index is 0.190. The molecule has 2 unspecified atom stereocenters. The van der Waals surface area contributed by atoms with E-state index in [-0.39, 0.29) is 23.7 Å². The van der Waals surface area contributed by atoms with Crippen LogP contribution in [0.3, 0.4) is 0 Å². The second kappa shape index (κ2) is 4.90. The van der Waals surface area contributed by atoms with Crippen molar-refractivity contribution in [1.29, 1.82) is 5.26 Å². The Balaban J connectivity index is 2.89. The van der Waals surface area contributed by atoms with Gasteiger partial charge in [0.15, 0.2) is 0 Å². The summed E-state index contributed by atoms with van der Waals surface area (Å²) in [6.07, 6.45) is 0. The largest absolute Gasteiger partial charge is 0.323 e. The summed E-state index contributed by atoms with van der Waals surface area (Å²) in [4.78, 5) is 0. The summed E-state index contributed by atoms with van der Waals surface area (Å²) in [5, 5.41) is 8.98. The number of halogens is 1. The number of rotatable bonds is 3. The lowest BCUT2D eigenvalue weighted by Gasteiger charge is -2.21. The molecule has 0 radical (unpaired) electrons. The zero-order valence-electron chi connectivity index (χ0n) is 8.94. The molecule has 0 aliphatic carbocycles. The SMILES string of the molecule is CC(C)C(C#N)C(N)c1ccc(F)cc1. The van der Waals surface area contributed by atoms with Crippen molar-refractivity contribution in [2.75, 3.05) is 0 Å². The Morgan fingerprint density at radius 3 is 2.20 bits per heavy atom. The molecular formula is C12H15FN2. The summed E-state index contributed by atoms with van der Waals surface area (Å²) in [7, 11) is 0. The normalized spacial score (nSPS) is 14.7. The lowest BCUT2D eigenvalue weighted by molar-refractivity contribution is 0.403. The van der Waals surface area contributed by atoms with Crippen molar-refractivity contribution in [3.63, 3.8) is 0 Å². The molecule has 0 heterocycles. The van der Waals surface area contributed by atoms with Crippen LogP contribution in [0.1, 0.15) is 25.5 Å². The van der Waals surface area contributed by atoms with Gasteiger partial charge in [0.1, 0.15) is 5.82 Å². The van der Waals surface area contributed by atoms with Crippen molar-refractivity contribution >= 4 is 0 Å². The molecule has 0 aliphatic heterocycles. The number of nitrogens with zero attached hydrogens (tertiary/aromatic N) is 1. The summed E-state index contributed by atoms with van der Waals surface area (Å²) in [5.74, 6) is -0.338. The van der Waals surface area contributed by atoms with Crippen molar-refractivity contribution in [2.24, 2.45) is 17.6 Å². The van der Waals surface area contributed by atoms with E-state index in [1.807, 2.05) is 13.8 Å². The van der Waals surface area contributed by atoms with Gasteiger partial charge >= 0.3 is 0 Å². The van der Waals surface area contributed by atoms with Crippen LogP contribution in [0.15, 0.2) is 24.3 Å². The fraction of sp³-hybridized carbons (Fsp3) is 0.417. The highest BCUT2D eigenvalue weighted by atomic mass is 19.1. The molecule has 0 spiro atoms. The number of benzene rings is 1. The van der Waals surface area contributed by atoms with Crippen molar-refractivity contribution in [2.45, 2.75) is 19.9 Å². The second-order valence-corrected chi connectivity index (χ2v) is 3.98. The van der Waals surface area contributed by atoms with E-state index in [4.69, 9.17) is 11.0 Å². The van der Waals surface area contributed by atoms with Gasteiger partial charge in [0, 0.05) is 6.04 Å². The van der Waals surface area contributed by atoms with Crippen LogP contribution in [-0.2, 0) is 0 Å². The van der Waals surface area contributed by atoms with E-state index in [2.05, 4.69) is 6.07 Å². The van der Waals surface area contributed by atoms with Crippen LogP contribution in [0.4, 0.5) is 4.39 Å². The van der Waals surface area contributed by atoms with Gasteiger partial charge in [-0.15, -0.1) is 0 Å². The third-order valence-corrected chi connectivity index (χ3v) is 2.51. The van der Waals surface area contributed by atoms with Crippen LogP contribution < -0.4 is 5.73 Å². The first-order valence-electron chi connectivity index (χ1n) is 4.97. The first kappa shape index (κ1) is 11.7. The molecule has 15 heavy (non-hydrogen) atoms. The summed E-state index contributed by atoms with van der Waals surface area (Å²) < 4.78 is 12.7. The van der Waals surface area contributed by atoms with Crippen molar-refractivity contribution < 1.29 is 4.39 Å². The van der Waals surface area contributed by atoms with E-state index in [9.17, 15) is 4.39 Å². The molecule has 0 bridgehead atoms. The Kier molecular flexibility index (Phi) is 3.81. The van der Waals surface area contributed by atoms with Crippen molar-refractivity contribution in [3.05, 3.63) is 35.6 Å². The van der Waals surface area contributed by atoms with E-state index in [1.165, 1.54) is 12.1 Å². The van der Waals surface area contributed by atoms with Gasteiger partial charge in [0.25, 0.3) is 0 Å². The average molecular weight is 206 g/mol. The smallest absolute Gasteiger partial charge is 0.123 e. The molecule has 0 amide bonds. The third-order valence-electron chi connectivity index (χ3n) is 2.51. The van der Waals surface area contributed by atoms with Gasteiger partial charge in [-0.2, -0.15) is 5.26 Å². The van der Waals surface area contributed by atoms with E-state index in [1.54, 1.807) is 12.1 Å². The number of nitriles is 1. The van der Waals surface area contributed by atoms with Crippen LogP contribution in [-0.4, -0.2) is 0 Å². The van der Waals surface area contributed by atoms with E-state index in [0.29, 0.717) is 0 Å². The molecule has 0 aromatic heterocycles. The Morgan fingerprint density at radius 1 is 1.27 bits per heavy atom. The third kappa shape index (κ3) is 2.77. The lowest BCUT2D eigenvalue weighted by atomic mass is 9.86. The topological polar surface area (TPSA) is 49.8 Å². The van der Waals surface area contributed by atoms with E-state index < -0.39 is 0 Å². The van der Waals surface area contributed by atoms with Gasteiger partial charge in [-0.05, 0) is 23.6 Å². The molecule has 0 fully saturated rings. The molecule has 0 saturated heterocycles. The molecule has 0 saturated carbocycles. The van der Waals surface area contributed by atoms with E-state index in [0.717, 1.165) is 5.56 Å².